The van der Waals surface area contributed by atoms with E-state index in [0.717, 1.165) is 0 Å². The molecule has 10 nitrogen and oxygen atoms in total. The first kappa shape index (κ1) is 22.2. The maximum absolute atomic E-state index is 12.8. The summed E-state index contributed by atoms with van der Waals surface area (Å²) in [6.07, 6.45) is -1.07. The molecule has 0 radical (unpaired) electrons. The number of nitrogens with zero attached hydrogens (tertiary/aromatic N) is 1. The number of aliphatic hydroxyl groups is 1. The van der Waals surface area contributed by atoms with E-state index in [1.54, 1.807) is 24.3 Å². The Morgan fingerprint density at radius 1 is 1.17 bits per heavy atom. The average molecular weight is 406 g/mol. The van der Waals surface area contributed by atoms with E-state index in [1.807, 2.05) is 13.8 Å². The quantitative estimate of drug-likeness (QED) is 0.446. The fourth-order valence-corrected chi connectivity index (χ4v) is 2.99. The fourth-order valence-electron chi connectivity index (χ4n) is 2.99. The van der Waals surface area contributed by atoms with Crippen molar-refractivity contribution in [3.05, 3.63) is 24.3 Å². The maximum Gasteiger partial charge on any atom is 0.328 e. The van der Waals surface area contributed by atoms with E-state index in [9.17, 15) is 24.3 Å². The molecule has 0 fully saturated rings. The molecular weight excluding hydrogens is 380 g/mol. The van der Waals surface area contributed by atoms with Crippen LogP contribution in [0.15, 0.2) is 24.3 Å². The van der Waals surface area contributed by atoms with Crippen LogP contribution in [0.3, 0.4) is 0 Å². The highest BCUT2D eigenvalue weighted by Crippen LogP contribution is 2.28. The summed E-state index contributed by atoms with van der Waals surface area (Å²) >= 11 is 0. The van der Waals surface area contributed by atoms with Gasteiger partial charge in [-0.1, -0.05) is 26.0 Å². The van der Waals surface area contributed by atoms with Gasteiger partial charge in [0.2, 0.25) is 11.8 Å². The number of carboxylic acid groups (broad SMARTS) is 1. The SMILES string of the molecule is CC(C)C[C@H](NC(=O)N1CC(=O)Nc2ccccc21)C(=O)N[C@H](C(=O)O)[C@@H](C)O. The molecule has 10 heteroatoms. The first-order valence-corrected chi connectivity index (χ1v) is 9.28. The maximum atomic E-state index is 12.8. The van der Waals surface area contributed by atoms with Crippen molar-refractivity contribution in [1.82, 2.24) is 10.6 Å². The number of amides is 4. The first-order chi connectivity index (χ1) is 13.6. The molecule has 1 aromatic carbocycles. The second-order valence-corrected chi connectivity index (χ2v) is 7.35. The summed E-state index contributed by atoms with van der Waals surface area (Å²) in [6, 6.07) is 3.56. The molecular formula is C19H26N4O6. The fraction of sp³-hybridized carbons (Fsp3) is 0.474. The third-order valence-corrected chi connectivity index (χ3v) is 4.38. The van der Waals surface area contributed by atoms with Crippen molar-refractivity contribution in [2.24, 2.45) is 5.92 Å². The molecule has 1 aromatic rings. The Morgan fingerprint density at radius 3 is 2.41 bits per heavy atom. The molecule has 1 aliphatic rings. The van der Waals surface area contributed by atoms with Crippen LogP contribution in [0.25, 0.3) is 0 Å². The number of hydrogen-bond acceptors (Lipinski definition) is 5. The van der Waals surface area contributed by atoms with Crippen LogP contribution in [-0.4, -0.2) is 58.8 Å². The van der Waals surface area contributed by atoms with Gasteiger partial charge < -0.3 is 26.2 Å². The highest BCUT2D eigenvalue weighted by atomic mass is 16.4. The number of para-hydroxylation sites is 2. The number of carbonyl (C=O) groups is 4. The first-order valence-electron chi connectivity index (χ1n) is 9.28. The van der Waals surface area contributed by atoms with E-state index >= 15 is 0 Å². The summed E-state index contributed by atoms with van der Waals surface area (Å²) in [6.45, 7) is 4.72. The van der Waals surface area contributed by atoms with Gasteiger partial charge in [0.05, 0.1) is 17.5 Å². The lowest BCUT2D eigenvalue weighted by Crippen LogP contribution is -2.57. The molecule has 4 amide bonds. The van der Waals surface area contributed by atoms with Crippen LogP contribution in [0.1, 0.15) is 27.2 Å². The molecule has 0 saturated carbocycles. The third-order valence-electron chi connectivity index (χ3n) is 4.38. The summed E-state index contributed by atoms with van der Waals surface area (Å²) < 4.78 is 0. The monoisotopic (exact) mass is 406 g/mol. The zero-order chi connectivity index (χ0) is 21.7. The number of carbonyl (C=O) groups excluding carboxylic acids is 3. The number of anilines is 2. The standard InChI is InChI=1S/C19H26N4O6/c1-10(2)8-13(17(26)22-16(11(3)24)18(27)28)21-19(29)23-9-15(25)20-12-6-4-5-7-14(12)23/h4-7,10-11,13,16,24H,8-9H2,1-3H3,(H,20,25)(H,21,29)(H,22,26)(H,27,28)/t11-,13+,16+/m1/s1. The molecule has 0 unspecified atom stereocenters. The van der Waals surface area contributed by atoms with Crippen LogP contribution in [0.4, 0.5) is 16.2 Å². The van der Waals surface area contributed by atoms with E-state index < -0.39 is 36.1 Å². The molecule has 29 heavy (non-hydrogen) atoms. The third kappa shape index (κ3) is 5.67. The Kier molecular flexibility index (Phi) is 7.16. The summed E-state index contributed by atoms with van der Waals surface area (Å²) in [5.41, 5.74) is 0.963. The lowest BCUT2D eigenvalue weighted by atomic mass is 10.0. The average Bonchev–Trinajstić information content (AvgIpc) is 2.63. The number of fused-ring (bicyclic) bond motifs is 1. The van der Waals surface area contributed by atoms with E-state index in [2.05, 4.69) is 16.0 Å². The van der Waals surface area contributed by atoms with E-state index in [0.29, 0.717) is 11.4 Å². The molecule has 0 bridgehead atoms. The number of urea groups is 1. The van der Waals surface area contributed by atoms with Gasteiger partial charge in [0.25, 0.3) is 0 Å². The zero-order valence-corrected chi connectivity index (χ0v) is 16.5. The lowest BCUT2D eigenvalue weighted by Gasteiger charge is -2.31. The second kappa shape index (κ2) is 9.37. The van der Waals surface area contributed by atoms with Crippen LogP contribution in [0.5, 0.6) is 0 Å². The van der Waals surface area contributed by atoms with Crippen molar-refractivity contribution in [3.8, 4) is 0 Å². The number of rotatable bonds is 7. The number of carboxylic acids is 1. The van der Waals surface area contributed by atoms with E-state index in [1.165, 1.54) is 11.8 Å². The normalized spacial score (nSPS) is 16.3. The molecule has 3 atom stereocenters. The Bertz CT molecular complexity index is 795. The summed E-state index contributed by atoms with van der Waals surface area (Å²) in [5.74, 6) is -2.47. The molecule has 0 saturated heterocycles. The Morgan fingerprint density at radius 2 is 1.83 bits per heavy atom. The van der Waals surface area contributed by atoms with Crippen molar-refractivity contribution in [2.45, 2.75) is 45.4 Å². The number of aliphatic hydroxyl groups excluding tert-OH is 1. The Labute approximate surface area is 168 Å². The van der Waals surface area contributed by atoms with Crippen LogP contribution in [-0.2, 0) is 14.4 Å². The van der Waals surface area contributed by atoms with Gasteiger partial charge in [0.15, 0.2) is 6.04 Å². The topological polar surface area (TPSA) is 148 Å². The predicted molar refractivity (Wildman–Crippen MR) is 105 cm³/mol. The Hall–Kier alpha value is -3.14. The minimum atomic E-state index is -1.50. The summed E-state index contributed by atoms with van der Waals surface area (Å²) in [5, 5.41) is 26.3. The zero-order valence-electron chi connectivity index (χ0n) is 16.5. The van der Waals surface area contributed by atoms with Gasteiger partial charge in [-0.25, -0.2) is 9.59 Å². The van der Waals surface area contributed by atoms with Crippen molar-refractivity contribution < 1.29 is 29.4 Å². The van der Waals surface area contributed by atoms with Crippen LogP contribution < -0.4 is 20.9 Å². The van der Waals surface area contributed by atoms with Gasteiger partial charge in [0, 0.05) is 0 Å². The van der Waals surface area contributed by atoms with Gasteiger partial charge in [-0.05, 0) is 31.4 Å². The molecule has 1 heterocycles. The largest absolute Gasteiger partial charge is 0.480 e. The molecule has 5 N–H and O–H groups in total. The second-order valence-electron chi connectivity index (χ2n) is 7.35. The van der Waals surface area contributed by atoms with Gasteiger partial charge >= 0.3 is 12.0 Å². The molecule has 0 aliphatic carbocycles. The smallest absolute Gasteiger partial charge is 0.328 e. The van der Waals surface area contributed by atoms with Crippen molar-refractivity contribution in [1.29, 1.82) is 0 Å². The molecule has 2 rings (SSSR count). The van der Waals surface area contributed by atoms with Crippen LogP contribution >= 0.6 is 0 Å². The number of benzene rings is 1. The van der Waals surface area contributed by atoms with Crippen molar-refractivity contribution >= 4 is 35.2 Å². The molecule has 0 aromatic heterocycles. The van der Waals surface area contributed by atoms with Gasteiger partial charge in [-0.2, -0.15) is 0 Å². The number of hydrogen-bond donors (Lipinski definition) is 5. The van der Waals surface area contributed by atoms with E-state index in [-0.39, 0.29) is 24.8 Å². The highest BCUT2D eigenvalue weighted by Gasteiger charge is 2.32. The molecule has 158 valence electrons. The van der Waals surface area contributed by atoms with E-state index in [4.69, 9.17) is 5.11 Å². The minimum absolute atomic E-state index is 0.0119. The molecule has 0 spiro atoms. The van der Waals surface area contributed by atoms with Gasteiger partial charge in [-0.3, -0.25) is 14.5 Å². The van der Waals surface area contributed by atoms with Crippen LogP contribution in [0, 0.1) is 5.92 Å². The molecule has 1 aliphatic heterocycles. The lowest BCUT2D eigenvalue weighted by molar-refractivity contribution is -0.145. The highest BCUT2D eigenvalue weighted by molar-refractivity contribution is 6.10. The van der Waals surface area contributed by atoms with Crippen molar-refractivity contribution in [2.75, 3.05) is 16.8 Å². The van der Waals surface area contributed by atoms with Crippen LogP contribution in [0.2, 0.25) is 0 Å². The Balaban J connectivity index is 2.19. The number of nitrogens with one attached hydrogen (secondary N) is 3. The summed E-state index contributed by atoms with van der Waals surface area (Å²) in [7, 11) is 0. The summed E-state index contributed by atoms with van der Waals surface area (Å²) in [4.78, 5) is 49.9. The van der Waals surface area contributed by atoms with Gasteiger partial charge in [-0.15, -0.1) is 0 Å². The van der Waals surface area contributed by atoms with Crippen molar-refractivity contribution in [3.63, 3.8) is 0 Å². The van der Waals surface area contributed by atoms with Gasteiger partial charge in [0.1, 0.15) is 12.6 Å². The predicted octanol–water partition coefficient (Wildman–Crippen LogP) is 0.520. The minimum Gasteiger partial charge on any atom is -0.480 e. The number of aliphatic carboxylic acids is 1.